The van der Waals surface area contributed by atoms with Crippen LogP contribution in [0.15, 0.2) is 24.3 Å². The van der Waals surface area contributed by atoms with Gasteiger partial charge < -0.3 is 19.6 Å². The summed E-state index contributed by atoms with van der Waals surface area (Å²) in [5, 5.41) is 10.4. The molecule has 1 atom stereocenters. The third-order valence-electron chi connectivity index (χ3n) is 4.63. The van der Waals surface area contributed by atoms with E-state index in [1.807, 2.05) is 24.3 Å². The molecule has 1 fully saturated rings. The molecule has 0 saturated carbocycles. The van der Waals surface area contributed by atoms with E-state index in [1.165, 1.54) is 0 Å². The first-order chi connectivity index (χ1) is 13.0. The Morgan fingerprint density at radius 3 is 2.48 bits per heavy atom. The summed E-state index contributed by atoms with van der Waals surface area (Å²) in [4.78, 5) is 30.8. The third-order valence-corrected chi connectivity index (χ3v) is 4.63. The lowest BCUT2D eigenvalue weighted by atomic mass is 10.1. The van der Waals surface area contributed by atoms with Crippen LogP contribution in [0, 0.1) is 0 Å². The van der Waals surface area contributed by atoms with Crippen molar-refractivity contribution < 1.29 is 24.3 Å². The van der Waals surface area contributed by atoms with Gasteiger partial charge in [-0.2, -0.15) is 0 Å². The van der Waals surface area contributed by atoms with Crippen molar-refractivity contribution in [3.05, 3.63) is 35.4 Å². The third kappa shape index (κ3) is 6.93. The molecule has 0 radical (unpaired) electrons. The van der Waals surface area contributed by atoms with Crippen molar-refractivity contribution >= 4 is 11.9 Å². The monoisotopic (exact) mass is 378 g/mol. The first-order valence-electron chi connectivity index (χ1n) is 9.62. The Hall–Kier alpha value is -1.96. The first kappa shape index (κ1) is 21.3. The molecule has 1 aliphatic heterocycles. The van der Waals surface area contributed by atoms with Gasteiger partial charge >= 0.3 is 5.97 Å². The van der Waals surface area contributed by atoms with Crippen molar-refractivity contribution in [1.29, 1.82) is 0 Å². The van der Waals surface area contributed by atoms with Gasteiger partial charge in [-0.25, -0.2) is 4.79 Å². The maximum Gasteiger partial charge on any atom is 0.337 e. The number of hydrogen-bond donors (Lipinski definition) is 1. The first-order valence-corrected chi connectivity index (χ1v) is 9.62. The van der Waals surface area contributed by atoms with Crippen molar-refractivity contribution in [2.24, 2.45) is 0 Å². The number of benzene rings is 1. The highest BCUT2D eigenvalue weighted by Gasteiger charge is 2.32. The lowest BCUT2D eigenvalue weighted by molar-refractivity contribution is -0.220. The molecule has 1 saturated heterocycles. The zero-order valence-electron chi connectivity index (χ0n) is 16.2. The van der Waals surface area contributed by atoms with E-state index in [1.54, 1.807) is 0 Å². The molecular formula is C20H30N2O5. The molecule has 0 aromatic heterocycles. The Labute approximate surface area is 160 Å². The zero-order valence-corrected chi connectivity index (χ0v) is 16.2. The van der Waals surface area contributed by atoms with E-state index in [9.17, 15) is 14.7 Å². The summed E-state index contributed by atoms with van der Waals surface area (Å²) in [6.07, 6.45) is 0.491. The molecule has 1 unspecified atom stereocenters. The molecular weight excluding hydrogens is 348 g/mol. The van der Waals surface area contributed by atoms with Gasteiger partial charge in [0.05, 0.1) is 13.0 Å². The number of aliphatic hydroxyl groups excluding tert-OH is 1. The minimum absolute atomic E-state index is 0.0432. The molecule has 150 valence electrons. The summed E-state index contributed by atoms with van der Waals surface area (Å²) in [6.45, 7) is 8.74. The predicted octanol–water partition coefficient (Wildman–Crippen LogP) is 1.88. The Bertz CT molecular complexity index is 601. The van der Waals surface area contributed by atoms with Crippen molar-refractivity contribution in [3.63, 3.8) is 0 Å². The van der Waals surface area contributed by atoms with Crippen molar-refractivity contribution in [2.75, 3.05) is 26.2 Å². The fraction of sp³-hybridized carbons (Fsp3) is 0.600. The highest BCUT2D eigenvalue weighted by molar-refractivity contribution is 5.80. The van der Waals surface area contributed by atoms with Crippen LogP contribution in [0.4, 0.5) is 0 Å². The van der Waals surface area contributed by atoms with Gasteiger partial charge in [0.1, 0.15) is 0 Å². The van der Waals surface area contributed by atoms with Gasteiger partial charge in [-0.05, 0) is 30.6 Å². The normalized spacial score (nSPS) is 17.0. The fourth-order valence-electron chi connectivity index (χ4n) is 2.94. The van der Waals surface area contributed by atoms with Crippen LogP contribution in [0.5, 0.6) is 0 Å². The van der Waals surface area contributed by atoms with Crippen LogP contribution in [0.25, 0.3) is 0 Å². The molecule has 1 amide bonds. The summed E-state index contributed by atoms with van der Waals surface area (Å²) >= 11 is 0. The highest BCUT2D eigenvalue weighted by Crippen LogP contribution is 2.17. The maximum atomic E-state index is 11.9. The van der Waals surface area contributed by atoms with Crippen LogP contribution in [0.1, 0.15) is 44.2 Å². The maximum absolute atomic E-state index is 11.9. The Kier molecular flexibility index (Phi) is 8.71. The van der Waals surface area contributed by atoms with Gasteiger partial charge in [0, 0.05) is 26.0 Å². The Morgan fingerprint density at radius 1 is 1.22 bits per heavy atom. The second-order valence-electron chi connectivity index (χ2n) is 6.63. The molecule has 1 aromatic rings. The summed E-state index contributed by atoms with van der Waals surface area (Å²) in [5.41, 5.74) is 1.83. The van der Waals surface area contributed by atoms with Gasteiger partial charge in [-0.3, -0.25) is 4.79 Å². The summed E-state index contributed by atoms with van der Waals surface area (Å²) in [6, 6.07) is 7.53. The second-order valence-corrected chi connectivity index (χ2v) is 6.63. The molecule has 1 aromatic carbocycles. The number of aliphatic hydroxyl groups is 1. The number of carbonyl (C=O) groups excluding carboxylic acids is 2. The van der Waals surface area contributed by atoms with Crippen LogP contribution >= 0.6 is 0 Å². The van der Waals surface area contributed by atoms with Gasteiger partial charge in [-0.15, -0.1) is 5.06 Å². The standard InChI is InChI=1S/C20H30N2O5/c1-3-21(4-2)12-5-13-26-15-17-8-6-16(7-9-17)14-20(25)27-22-18(23)10-11-19(22)24/h6-9,18,23H,3-5,10-15H2,1-2H3. The van der Waals surface area contributed by atoms with Crippen LogP contribution in [-0.2, 0) is 32.2 Å². The minimum Gasteiger partial charge on any atom is -0.377 e. The molecule has 2 rings (SSSR count). The lowest BCUT2D eigenvalue weighted by Crippen LogP contribution is -2.35. The number of carbonyl (C=O) groups is 2. The molecule has 1 N–H and O–H groups in total. The minimum atomic E-state index is -1.04. The predicted molar refractivity (Wildman–Crippen MR) is 100 cm³/mol. The van der Waals surface area contributed by atoms with E-state index >= 15 is 0 Å². The van der Waals surface area contributed by atoms with E-state index in [2.05, 4.69) is 18.7 Å². The number of amides is 1. The van der Waals surface area contributed by atoms with Gasteiger partial charge in [0.2, 0.25) is 0 Å². The average molecular weight is 378 g/mol. The van der Waals surface area contributed by atoms with E-state index in [4.69, 9.17) is 9.57 Å². The van der Waals surface area contributed by atoms with Crippen molar-refractivity contribution in [2.45, 2.75) is 52.4 Å². The number of nitrogens with zero attached hydrogens (tertiary/aromatic N) is 2. The smallest absolute Gasteiger partial charge is 0.337 e. The molecule has 7 nitrogen and oxygen atoms in total. The van der Waals surface area contributed by atoms with Crippen molar-refractivity contribution in [3.8, 4) is 0 Å². The molecule has 7 heteroatoms. The Balaban J connectivity index is 1.68. The molecule has 0 spiro atoms. The topological polar surface area (TPSA) is 79.3 Å². The van der Waals surface area contributed by atoms with E-state index in [-0.39, 0.29) is 25.2 Å². The number of ether oxygens (including phenoxy) is 1. The van der Waals surface area contributed by atoms with Crippen LogP contribution in [-0.4, -0.2) is 59.4 Å². The van der Waals surface area contributed by atoms with E-state index in [0.717, 1.165) is 48.9 Å². The molecule has 27 heavy (non-hydrogen) atoms. The largest absolute Gasteiger partial charge is 0.377 e. The van der Waals surface area contributed by atoms with Gasteiger partial charge in [0.25, 0.3) is 5.91 Å². The average Bonchev–Trinajstić information content (AvgIpc) is 2.98. The van der Waals surface area contributed by atoms with E-state index in [0.29, 0.717) is 6.61 Å². The zero-order chi connectivity index (χ0) is 19.6. The quantitative estimate of drug-likeness (QED) is 0.592. The highest BCUT2D eigenvalue weighted by atomic mass is 16.7. The Morgan fingerprint density at radius 2 is 1.89 bits per heavy atom. The molecule has 1 heterocycles. The summed E-state index contributed by atoms with van der Waals surface area (Å²) < 4.78 is 5.70. The summed E-state index contributed by atoms with van der Waals surface area (Å²) in [7, 11) is 0. The van der Waals surface area contributed by atoms with Crippen molar-refractivity contribution in [1.82, 2.24) is 9.96 Å². The molecule has 0 bridgehead atoms. The SMILES string of the molecule is CCN(CC)CCCOCc1ccc(CC(=O)ON2C(=O)CCC2O)cc1. The number of rotatable bonds is 11. The van der Waals surface area contributed by atoms with Gasteiger partial charge in [0.15, 0.2) is 6.23 Å². The molecule has 1 aliphatic rings. The summed E-state index contributed by atoms with van der Waals surface area (Å²) in [5.74, 6) is -0.936. The molecule has 0 aliphatic carbocycles. The van der Waals surface area contributed by atoms with Crippen LogP contribution in [0.3, 0.4) is 0 Å². The van der Waals surface area contributed by atoms with Crippen LogP contribution in [0.2, 0.25) is 0 Å². The van der Waals surface area contributed by atoms with Crippen LogP contribution < -0.4 is 0 Å². The number of hydroxylamine groups is 2. The second kappa shape index (κ2) is 11.0. The fourth-order valence-corrected chi connectivity index (χ4v) is 2.94. The van der Waals surface area contributed by atoms with E-state index < -0.39 is 12.2 Å². The van der Waals surface area contributed by atoms with Gasteiger partial charge in [-0.1, -0.05) is 38.1 Å². The lowest BCUT2D eigenvalue weighted by Gasteiger charge is -2.18. The number of hydrogen-bond acceptors (Lipinski definition) is 6.